The molecule has 0 aliphatic carbocycles. The SMILES string of the molecule is COc1ccc(Oc2c(Oc3ccc(OC)cc3)c(OC(C)C)c3cc(Cl)ccc3c2OC(=O)Cc2ccccc2)cc1. The van der Waals surface area contributed by atoms with E-state index in [0.29, 0.717) is 44.5 Å². The van der Waals surface area contributed by atoms with E-state index in [2.05, 4.69) is 0 Å². The molecule has 0 aromatic heterocycles. The Morgan fingerprint density at radius 1 is 0.651 bits per heavy atom. The van der Waals surface area contributed by atoms with E-state index in [1.807, 2.05) is 44.2 Å². The number of ether oxygens (including phenoxy) is 6. The van der Waals surface area contributed by atoms with Crippen LogP contribution in [-0.2, 0) is 11.2 Å². The van der Waals surface area contributed by atoms with Crippen molar-refractivity contribution in [2.75, 3.05) is 14.2 Å². The van der Waals surface area contributed by atoms with Crippen LogP contribution in [0, 0.1) is 0 Å². The summed E-state index contributed by atoms with van der Waals surface area (Å²) in [6.45, 7) is 3.82. The van der Waals surface area contributed by atoms with Crippen LogP contribution in [-0.4, -0.2) is 26.3 Å². The molecule has 0 saturated carbocycles. The number of carbonyl (C=O) groups is 1. The van der Waals surface area contributed by atoms with Gasteiger partial charge in [-0.3, -0.25) is 4.79 Å². The first kappa shape index (κ1) is 29.6. The van der Waals surface area contributed by atoms with Gasteiger partial charge in [0.25, 0.3) is 0 Å². The Balaban J connectivity index is 1.73. The van der Waals surface area contributed by atoms with Gasteiger partial charge in [0, 0.05) is 15.8 Å². The zero-order valence-electron chi connectivity index (χ0n) is 24.3. The van der Waals surface area contributed by atoms with Gasteiger partial charge in [-0.05, 0) is 86.1 Å². The first-order valence-corrected chi connectivity index (χ1v) is 14.1. The van der Waals surface area contributed by atoms with Gasteiger partial charge in [-0.25, -0.2) is 0 Å². The number of hydrogen-bond donors (Lipinski definition) is 0. The summed E-state index contributed by atoms with van der Waals surface area (Å²) in [6, 6.07) is 28.7. The summed E-state index contributed by atoms with van der Waals surface area (Å²) in [4.78, 5) is 13.4. The van der Waals surface area contributed by atoms with Crippen LogP contribution < -0.4 is 28.4 Å². The van der Waals surface area contributed by atoms with Gasteiger partial charge in [0.2, 0.25) is 11.5 Å². The Kier molecular flexibility index (Phi) is 9.23. The molecular formula is C35H31ClO7. The summed E-state index contributed by atoms with van der Waals surface area (Å²) in [7, 11) is 3.18. The molecule has 0 atom stereocenters. The second kappa shape index (κ2) is 13.4. The van der Waals surface area contributed by atoms with E-state index in [9.17, 15) is 4.79 Å². The van der Waals surface area contributed by atoms with E-state index in [4.69, 9.17) is 40.0 Å². The van der Waals surface area contributed by atoms with Crippen molar-refractivity contribution in [2.24, 2.45) is 0 Å². The maximum absolute atomic E-state index is 13.4. The summed E-state index contributed by atoms with van der Waals surface area (Å²) in [5, 5.41) is 1.63. The van der Waals surface area contributed by atoms with Gasteiger partial charge in [-0.1, -0.05) is 41.9 Å². The molecule has 0 N–H and O–H groups in total. The van der Waals surface area contributed by atoms with Crippen LogP contribution in [0.25, 0.3) is 10.8 Å². The fourth-order valence-electron chi connectivity index (χ4n) is 4.43. The lowest BCUT2D eigenvalue weighted by Gasteiger charge is -2.23. The van der Waals surface area contributed by atoms with Crippen molar-refractivity contribution in [1.82, 2.24) is 0 Å². The first-order chi connectivity index (χ1) is 20.8. The summed E-state index contributed by atoms with van der Waals surface area (Å²) in [6.07, 6.45) is -0.183. The van der Waals surface area contributed by atoms with Gasteiger partial charge in [0.05, 0.1) is 26.7 Å². The van der Waals surface area contributed by atoms with Crippen LogP contribution in [0.1, 0.15) is 19.4 Å². The molecule has 5 rings (SSSR count). The topological polar surface area (TPSA) is 72.5 Å². The smallest absolute Gasteiger partial charge is 0.315 e. The molecule has 8 heteroatoms. The van der Waals surface area contributed by atoms with E-state index in [1.54, 1.807) is 80.9 Å². The molecule has 0 radical (unpaired) electrons. The van der Waals surface area contributed by atoms with Crippen LogP contribution in [0.2, 0.25) is 5.02 Å². The van der Waals surface area contributed by atoms with Gasteiger partial charge in [-0.15, -0.1) is 0 Å². The Morgan fingerprint density at radius 3 is 1.72 bits per heavy atom. The Hall–Kier alpha value is -4.88. The van der Waals surface area contributed by atoms with E-state index in [1.165, 1.54) is 0 Å². The maximum Gasteiger partial charge on any atom is 0.315 e. The van der Waals surface area contributed by atoms with Crippen LogP contribution >= 0.6 is 11.6 Å². The van der Waals surface area contributed by atoms with E-state index >= 15 is 0 Å². The van der Waals surface area contributed by atoms with Crippen molar-refractivity contribution in [3.05, 3.63) is 108 Å². The lowest BCUT2D eigenvalue weighted by atomic mass is 10.1. The molecule has 7 nitrogen and oxygen atoms in total. The van der Waals surface area contributed by atoms with Crippen molar-refractivity contribution in [2.45, 2.75) is 26.4 Å². The van der Waals surface area contributed by atoms with Gasteiger partial charge in [0.15, 0.2) is 11.5 Å². The van der Waals surface area contributed by atoms with E-state index < -0.39 is 5.97 Å². The second-order valence-electron chi connectivity index (χ2n) is 9.86. The quantitative estimate of drug-likeness (QED) is 0.111. The summed E-state index contributed by atoms with van der Waals surface area (Å²) in [5.41, 5.74) is 0.812. The Morgan fingerprint density at radius 2 is 1.19 bits per heavy atom. The highest BCUT2D eigenvalue weighted by Gasteiger charge is 2.28. The number of carbonyl (C=O) groups excluding carboxylic acids is 1. The molecule has 0 aliphatic heterocycles. The third-order valence-electron chi connectivity index (χ3n) is 6.41. The number of hydrogen-bond acceptors (Lipinski definition) is 7. The van der Waals surface area contributed by atoms with Crippen LogP contribution in [0.15, 0.2) is 97.1 Å². The Labute approximate surface area is 255 Å². The number of rotatable bonds is 11. The largest absolute Gasteiger partial charge is 0.497 e. The molecule has 0 bridgehead atoms. The summed E-state index contributed by atoms with van der Waals surface area (Å²) in [5.74, 6) is 2.73. The zero-order chi connectivity index (χ0) is 30.3. The first-order valence-electron chi connectivity index (χ1n) is 13.7. The minimum atomic E-state index is -0.477. The van der Waals surface area contributed by atoms with E-state index in [-0.39, 0.29) is 29.8 Å². The number of fused-ring (bicyclic) bond motifs is 1. The molecule has 0 spiro atoms. The van der Waals surface area contributed by atoms with Gasteiger partial charge >= 0.3 is 5.97 Å². The number of halogens is 1. The third kappa shape index (κ3) is 7.13. The zero-order valence-corrected chi connectivity index (χ0v) is 25.0. The van der Waals surface area contributed by atoms with E-state index in [0.717, 1.165) is 5.56 Å². The molecule has 0 saturated heterocycles. The molecule has 5 aromatic carbocycles. The van der Waals surface area contributed by atoms with Gasteiger partial charge < -0.3 is 28.4 Å². The predicted octanol–water partition coefficient (Wildman–Crippen LogP) is 9.03. The second-order valence-corrected chi connectivity index (χ2v) is 10.3. The van der Waals surface area contributed by atoms with Crippen molar-refractivity contribution in [1.29, 1.82) is 0 Å². The molecule has 0 fully saturated rings. The molecule has 0 heterocycles. The van der Waals surface area contributed by atoms with Crippen molar-refractivity contribution >= 4 is 28.3 Å². The van der Waals surface area contributed by atoms with Crippen LogP contribution in [0.4, 0.5) is 0 Å². The van der Waals surface area contributed by atoms with Crippen LogP contribution in [0.3, 0.4) is 0 Å². The summed E-state index contributed by atoms with van der Waals surface area (Å²) >= 11 is 6.48. The maximum atomic E-state index is 13.4. The lowest BCUT2D eigenvalue weighted by Crippen LogP contribution is -2.13. The minimum Gasteiger partial charge on any atom is -0.497 e. The standard InChI is InChI=1S/C35H31ClO7/c1-22(2)40-33-30-21-24(36)10-19-29(30)32(43-31(37)20-23-8-6-5-7-9-23)34(41-27-15-11-25(38-3)12-16-27)35(33)42-28-17-13-26(39-4)14-18-28/h5-19,21-22H,20H2,1-4H3. The summed E-state index contributed by atoms with van der Waals surface area (Å²) < 4.78 is 36.0. The average molecular weight is 599 g/mol. The molecule has 0 amide bonds. The molecule has 5 aromatic rings. The molecule has 220 valence electrons. The minimum absolute atomic E-state index is 0.0524. The fourth-order valence-corrected chi connectivity index (χ4v) is 4.60. The highest BCUT2D eigenvalue weighted by atomic mass is 35.5. The number of methoxy groups -OCH3 is 2. The Bertz CT molecular complexity index is 1700. The number of benzene rings is 5. The molecule has 43 heavy (non-hydrogen) atoms. The predicted molar refractivity (Wildman–Crippen MR) is 167 cm³/mol. The third-order valence-corrected chi connectivity index (χ3v) is 6.64. The van der Waals surface area contributed by atoms with Crippen molar-refractivity contribution < 1.29 is 33.2 Å². The monoisotopic (exact) mass is 598 g/mol. The van der Waals surface area contributed by atoms with Crippen LogP contribution in [0.5, 0.6) is 46.0 Å². The molecule has 0 unspecified atom stereocenters. The van der Waals surface area contributed by atoms with Crippen molar-refractivity contribution in [3.63, 3.8) is 0 Å². The normalized spacial score (nSPS) is 10.8. The molecule has 0 aliphatic rings. The lowest BCUT2D eigenvalue weighted by molar-refractivity contribution is -0.133. The fraction of sp³-hybridized carbons (Fsp3) is 0.171. The van der Waals surface area contributed by atoms with Crippen molar-refractivity contribution in [3.8, 4) is 46.0 Å². The molecular weight excluding hydrogens is 568 g/mol. The highest BCUT2D eigenvalue weighted by molar-refractivity contribution is 6.31. The number of esters is 1. The van der Waals surface area contributed by atoms with Gasteiger partial charge in [-0.2, -0.15) is 0 Å². The van der Waals surface area contributed by atoms with Gasteiger partial charge in [0.1, 0.15) is 23.0 Å². The highest BCUT2D eigenvalue weighted by Crippen LogP contribution is 2.54. The average Bonchev–Trinajstić information content (AvgIpc) is 3.01.